The fraction of sp³-hybridized carbons (Fsp3) is 0.971. The van der Waals surface area contributed by atoms with Crippen molar-refractivity contribution in [3.8, 4) is 0 Å². The van der Waals surface area contributed by atoms with Gasteiger partial charge >= 0.3 is 19.8 Å². The molecular weight excluding hydrogens is 1010 g/mol. The highest BCUT2D eigenvalue weighted by molar-refractivity contribution is 7.47. The summed E-state index contributed by atoms with van der Waals surface area (Å²) < 4.78 is 34.7. The van der Waals surface area contributed by atoms with E-state index in [0.29, 0.717) is 17.4 Å². The van der Waals surface area contributed by atoms with E-state index < -0.39 is 26.5 Å². The molecule has 0 saturated carbocycles. The molecule has 80 heavy (non-hydrogen) atoms. The van der Waals surface area contributed by atoms with Gasteiger partial charge in [0.2, 0.25) is 0 Å². The van der Waals surface area contributed by atoms with Gasteiger partial charge in [-0.1, -0.05) is 361 Å². The van der Waals surface area contributed by atoms with Crippen LogP contribution < -0.4 is 0 Å². The molecule has 0 aliphatic rings. The van der Waals surface area contributed by atoms with Gasteiger partial charge in [-0.05, 0) is 12.8 Å². The predicted octanol–water partition coefficient (Wildman–Crippen LogP) is 22.9. The largest absolute Gasteiger partial charge is 0.472 e. The molecule has 0 saturated heterocycles. The molecule has 2 unspecified atom stereocenters. The van der Waals surface area contributed by atoms with Crippen molar-refractivity contribution in [2.45, 2.75) is 392 Å². The lowest BCUT2D eigenvalue weighted by molar-refractivity contribution is -0.870. The van der Waals surface area contributed by atoms with Gasteiger partial charge in [-0.15, -0.1) is 0 Å². The monoisotopic (exact) mass is 1160 g/mol. The summed E-state index contributed by atoms with van der Waals surface area (Å²) in [6, 6.07) is 0. The van der Waals surface area contributed by atoms with Gasteiger partial charge in [-0.3, -0.25) is 18.6 Å². The van der Waals surface area contributed by atoms with Crippen molar-refractivity contribution in [2.75, 3.05) is 47.5 Å². The van der Waals surface area contributed by atoms with E-state index in [-0.39, 0.29) is 25.6 Å². The number of likely N-dealkylation sites (N-methyl/N-ethyl adjacent to an activating group) is 1. The second-order valence-electron chi connectivity index (χ2n) is 26.0. The molecule has 478 valence electrons. The van der Waals surface area contributed by atoms with Gasteiger partial charge in [-0.25, -0.2) is 4.57 Å². The first-order valence-electron chi connectivity index (χ1n) is 35.8. The van der Waals surface area contributed by atoms with Gasteiger partial charge < -0.3 is 18.9 Å². The van der Waals surface area contributed by atoms with Crippen molar-refractivity contribution in [2.24, 2.45) is 0 Å². The van der Waals surface area contributed by atoms with Crippen LogP contribution in [0.4, 0.5) is 0 Å². The minimum Gasteiger partial charge on any atom is -0.462 e. The van der Waals surface area contributed by atoms with Crippen LogP contribution in [0.25, 0.3) is 0 Å². The Hall–Kier alpha value is -0.990. The molecule has 9 nitrogen and oxygen atoms in total. The van der Waals surface area contributed by atoms with E-state index in [1.807, 2.05) is 21.1 Å². The van der Waals surface area contributed by atoms with E-state index in [2.05, 4.69) is 13.8 Å². The maximum atomic E-state index is 12.9. The fourth-order valence-corrected chi connectivity index (χ4v) is 11.9. The lowest BCUT2D eigenvalue weighted by Gasteiger charge is -2.24. The second-order valence-corrected chi connectivity index (χ2v) is 27.5. The molecule has 0 fully saturated rings. The first kappa shape index (κ1) is 79.0. The van der Waals surface area contributed by atoms with Crippen LogP contribution in [-0.2, 0) is 32.7 Å². The summed E-state index contributed by atoms with van der Waals surface area (Å²) in [6.45, 7) is 4.52. The third-order valence-electron chi connectivity index (χ3n) is 16.6. The average Bonchev–Trinajstić information content (AvgIpc) is 3.42. The van der Waals surface area contributed by atoms with Gasteiger partial charge in [0.25, 0.3) is 0 Å². The Balaban J connectivity index is 3.86. The summed E-state index contributed by atoms with van der Waals surface area (Å²) in [5.74, 6) is -0.769. The fourth-order valence-electron chi connectivity index (χ4n) is 11.1. The minimum atomic E-state index is -4.38. The van der Waals surface area contributed by atoms with Crippen molar-refractivity contribution >= 4 is 19.8 Å². The summed E-state index contributed by atoms with van der Waals surface area (Å²) >= 11 is 0. The van der Waals surface area contributed by atoms with E-state index in [1.54, 1.807) is 0 Å². The number of carbonyl (C=O) groups excluding carboxylic acids is 2. The SMILES string of the molecule is CCCCCCCCCCCCCCCCCCCCCCCCCCCCCCCCCCCCCCCCC(=O)OC(COC(=O)CCCCCCCCCCCCCCCCCCCC)COP(=O)(O)OCC[N+](C)(C)C. The highest BCUT2D eigenvalue weighted by Gasteiger charge is 2.27. The molecule has 0 bridgehead atoms. The smallest absolute Gasteiger partial charge is 0.462 e. The summed E-state index contributed by atoms with van der Waals surface area (Å²) in [6.07, 6.45) is 75.2. The zero-order chi connectivity index (χ0) is 58.4. The number of rotatable bonds is 68. The van der Waals surface area contributed by atoms with E-state index in [4.69, 9.17) is 18.5 Å². The molecule has 2 atom stereocenters. The Morgan fingerprint density at radius 1 is 0.338 bits per heavy atom. The zero-order valence-corrected chi connectivity index (χ0v) is 55.5. The van der Waals surface area contributed by atoms with Crippen LogP contribution in [0.1, 0.15) is 386 Å². The van der Waals surface area contributed by atoms with Gasteiger partial charge in [0.1, 0.15) is 19.8 Å². The number of unbranched alkanes of at least 4 members (excludes halogenated alkanes) is 54. The average molecular weight is 1160 g/mol. The Morgan fingerprint density at radius 2 is 0.562 bits per heavy atom. The first-order valence-corrected chi connectivity index (χ1v) is 37.3. The highest BCUT2D eigenvalue weighted by atomic mass is 31.2. The van der Waals surface area contributed by atoms with Crippen LogP contribution in [0.5, 0.6) is 0 Å². The van der Waals surface area contributed by atoms with Crippen molar-refractivity contribution < 1.29 is 42.1 Å². The Bertz CT molecular complexity index is 1310. The van der Waals surface area contributed by atoms with Crippen molar-refractivity contribution in [3.63, 3.8) is 0 Å². The van der Waals surface area contributed by atoms with E-state index in [0.717, 1.165) is 38.5 Å². The van der Waals surface area contributed by atoms with E-state index in [1.165, 1.54) is 321 Å². The number of phosphoric ester groups is 1. The summed E-state index contributed by atoms with van der Waals surface area (Å²) in [4.78, 5) is 35.8. The van der Waals surface area contributed by atoms with E-state index in [9.17, 15) is 19.0 Å². The number of esters is 2. The number of hydrogen-bond donors (Lipinski definition) is 1. The molecule has 0 aromatic carbocycles. The molecule has 0 spiro atoms. The third-order valence-corrected chi connectivity index (χ3v) is 17.6. The first-order chi connectivity index (χ1) is 39.0. The molecule has 0 radical (unpaired) electrons. The summed E-state index contributed by atoms with van der Waals surface area (Å²) in [5.41, 5.74) is 0. The number of nitrogens with zero attached hydrogens (tertiary/aromatic N) is 1. The third kappa shape index (κ3) is 66.2. The molecule has 0 rings (SSSR count). The number of quaternary nitrogens is 1. The Labute approximate surface area is 499 Å². The molecule has 0 amide bonds. The van der Waals surface area contributed by atoms with Crippen molar-refractivity contribution in [1.82, 2.24) is 0 Å². The summed E-state index contributed by atoms with van der Waals surface area (Å²) in [7, 11) is 1.51. The maximum Gasteiger partial charge on any atom is 0.472 e. The topological polar surface area (TPSA) is 108 Å². The van der Waals surface area contributed by atoms with Crippen LogP contribution in [0.2, 0.25) is 0 Å². The van der Waals surface area contributed by atoms with Gasteiger partial charge in [0.15, 0.2) is 6.10 Å². The second kappa shape index (κ2) is 62.5. The zero-order valence-electron chi connectivity index (χ0n) is 54.6. The van der Waals surface area contributed by atoms with Gasteiger partial charge in [-0.2, -0.15) is 0 Å². The predicted molar refractivity (Wildman–Crippen MR) is 345 cm³/mol. The quantitative estimate of drug-likeness (QED) is 0.0278. The number of ether oxygens (including phenoxy) is 2. The van der Waals surface area contributed by atoms with Gasteiger partial charge in [0, 0.05) is 12.8 Å². The Morgan fingerprint density at radius 3 is 0.800 bits per heavy atom. The highest BCUT2D eigenvalue weighted by Crippen LogP contribution is 2.43. The van der Waals surface area contributed by atoms with Crippen molar-refractivity contribution in [3.05, 3.63) is 0 Å². The number of carbonyl (C=O) groups is 2. The van der Waals surface area contributed by atoms with Crippen LogP contribution in [0.15, 0.2) is 0 Å². The standard InChI is InChI=1S/C70H140NO8P/c1-6-8-10-12-14-16-18-20-22-24-26-27-28-29-30-31-32-33-34-35-36-37-38-39-40-41-42-43-44-45-47-49-51-53-55-57-59-61-63-70(73)79-68(67-78-80(74,75)77-65-64-71(3,4)5)66-76-69(72)62-60-58-56-54-52-50-48-46-25-23-21-19-17-15-13-11-9-7-2/h68H,6-67H2,1-5H3/p+1. The Kier molecular flexibility index (Phi) is 61.8. The lowest BCUT2D eigenvalue weighted by Crippen LogP contribution is -2.37. The van der Waals surface area contributed by atoms with Crippen LogP contribution >= 0.6 is 7.82 Å². The molecule has 1 N–H and O–H groups in total. The molecule has 0 heterocycles. The lowest BCUT2D eigenvalue weighted by atomic mass is 10.0. The van der Waals surface area contributed by atoms with Crippen molar-refractivity contribution in [1.29, 1.82) is 0 Å². The van der Waals surface area contributed by atoms with Crippen LogP contribution in [-0.4, -0.2) is 74.9 Å². The summed E-state index contributed by atoms with van der Waals surface area (Å²) in [5, 5.41) is 0. The number of phosphoric acid groups is 1. The maximum absolute atomic E-state index is 12.9. The molecular formula is C70H141NO8P+. The molecule has 0 aliphatic carbocycles. The van der Waals surface area contributed by atoms with E-state index >= 15 is 0 Å². The molecule has 0 aromatic heterocycles. The minimum absolute atomic E-state index is 0.0376. The normalized spacial score (nSPS) is 13.0. The molecule has 10 heteroatoms. The van der Waals surface area contributed by atoms with Crippen LogP contribution in [0, 0.1) is 0 Å². The molecule has 0 aromatic rings. The van der Waals surface area contributed by atoms with Gasteiger partial charge in [0.05, 0.1) is 27.7 Å². The molecule has 0 aliphatic heterocycles. The van der Waals surface area contributed by atoms with Crippen LogP contribution in [0.3, 0.4) is 0 Å². The number of hydrogen-bond acceptors (Lipinski definition) is 7.